The summed E-state index contributed by atoms with van der Waals surface area (Å²) in [7, 11) is 0. The Morgan fingerprint density at radius 3 is 1.55 bits per heavy atom. The van der Waals surface area contributed by atoms with Gasteiger partial charge in [0.2, 0.25) is 0 Å². The van der Waals surface area contributed by atoms with Gasteiger partial charge in [0, 0.05) is 57.2 Å². The van der Waals surface area contributed by atoms with Crippen LogP contribution < -0.4 is 9.47 Å². The largest absolute Gasteiger partial charge is 0.457 e. The highest BCUT2D eigenvalue weighted by atomic mass is 16.5. The van der Waals surface area contributed by atoms with E-state index in [4.69, 9.17) is 29.4 Å². The van der Waals surface area contributed by atoms with Crippen molar-refractivity contribution in [1.82, 2.24) is 29.1 Å². The molecule has 0 bridgehead atoms. The van der Waals surface area contributed by atoms with Crippen LogP contribution in [-0.2, 0) is 6.42 Å². The molecule has 8 heteroatoms. The minimum atomic E-state index is 0.715. The summed E-state index contributed by atoms with van der Waals surface area (Å²) in [6.07, 6.45) is 8.42. The van der Waals surface area contributed by atoms with Crippen LogP contribution in [0.2, 0.25) is 0 Å². The monoisotopic (exact) mass is 832 g/mol. The number of hydrogen-bond donors (Lipinski definition) is 0. The molecule has 0 N–H and O–H groups in total. The molecular formula is C56H44N6O2. The van der Waals surface area contributed by atoms with Crippen molar-refractivity contribution in [3.05, 3.63) is 193 Å². The van der Waals surface area contributed by atoms with Gasteiger partial charge in [-0.15, -0.1) is 0 Å². The van der Waals surface area contributed by atoms with Gasteiger partial charge in [0.05, 0.1) is 45.3 Å². The van der Waals surface area contributed by atoms with E-state index in [1.807, 2.05) is 73.2 Å². The molecule has 0 fully saturated rings. The molecule has 64 heavy (non-hydrogen) atoms. The SMILES string of the molecule is CCCCc1nc(-c2cccc(Oc3ccc4c5ccccc5n(-c5cc(C)ccn5)c4c3)c2)cnc1-c1cccc(Oc2ccc3c4ccccc4n(-c4cc(C)ccn4)c3c2)c1. The molecule has 8 nitrogen and oxygen atoms in total. The van der Waals surface area contributed by atoms with Gasteiger partial charge in [-0.1, -0.05) is 74.0 Å². The van der Waals surface area contributed by atoms with Crippen LogP contribution in [0.15, 0.2) is 176 Å². The van der Waals surface area contributed by atoms with Gasteiger partial charge in [-0.05, 0) is 123 Å². The number of nitrogens with zero attached hydrogens (tertiary/aromatic N) is 6. The Bertz CT molecular complexity index is 3550. The van der Waals surface area contributed by atoms with Crippen molar-refractivity contribution < 1.29 is 9.47 Å². The Hall–Kier alpha value is -8.10. The van der Waals surface area contributed by atoms with E-state index in [1.165, 1.54) is 10.8 Å². The molecule has 0 saturated heterocycles. The Morgan fingerprint density at radius 2 is 0.984 bits per heavy atom. The highest BCUT2D eigenvalue weighted by Gasteiger charge is 2.18. The van der Waals surface area contributed by atoms with Crippen molar-refractivity contribution in [3.63, 3.8) is 0 Å². The molecule has 310 valence electrons. The molecule has 5 heterocycles. The van der Waals surface area contributed by atoms with E-state index in [9.17, 15) is 0 Å². The van der Waals surface area contributed by atoms with Crippen LogP contribution in [0, 0.1) is 13.8 Å². The van der Waals surface area contributed by atoms with Crippen LogP contribution in [0.3, 0.4) is 0 Å². The summed E-state index contributed by atoms with van der Waals surface area (Å²) in [4.78, 5) is 19.8. The quantitative estimate of drug-likeness (QED) is 0.129. The molecule has 0 aliphatic rings. The lowest BCUT2D eigenvalue weighted by molar-refractivity contribution is 0.483. The zero-order valence-corrected chi connectivity index (χ0v) is 35.9. The van der Waals surface area contributed by atoms with Crippen molar-refractivity contribution >= 4 is 43.6 Å². The van der Waals surface area contributed by atoms with E-state index in [0.29, 0.717) is 5.75 Å². The molecule has 6 aromatic carbocycles. The smallest absolute Gasteiger partial charge is 0.137 e. The maximum absolute atomic E-state index is 6.61. The topological polar surface area (TPSA) is 79.9 Å². The number of hydrogen-bond acceptors (Lipinski definition) is 6. The summed E-state index contributed by atoms with van der Waals surface area (Å²) in [5.74, 6) is 4.66. The van der Waals surface area contributed by atoms with Gasteiger partial charge in [-0.3, -0.25) is 14.1 Å². The van der Waals surface area contributed by atoms with E-state index in [2.05, 4.69) is 133 Å². The number of fused-ring (bicyclic) bond motifs is 6. The van der Waals surface area contributed by atoms with Crippen LogP contribution in [-0.4, -0.2) is 29.1 Å². The van der Waals surface area contributed by atoms with Crippen LogP contribution in [0.4, 0.5) is 0 Å². The number of para-hydroxylation sites is 2. The van der Waals surface area contributed by atoms with Crippen molar-refractivity contribution in [2.45, 2.75) is 40.0 Å². The summed E-state index contributed by atoms with van der Waals surface area (Å²) in [6, 6.07) is 53.9. The molecule has 0 saturated carbocycles. The third-order valence-electron chi connectivity index (χ3n) is 11.9. The summed E-state index contributed by atoms with van der Waals surface area (Å²) in [5.41, 5.74) is 11.0. The minimum Gasteiger partial charge on any atom is -0.457 e. The van der Waals surface area contributed by atoms with Crippen LogP contribution >= 0.6 is 0 Å². The first kappa shape index (κ1) is 38.8. The number of aromatic nitrogens is 6. The van der Waals surface area contributed by atoms with Gasteiger partial charge >= 0.3 is 0 Å². The fraction of sp³-hybridized carbons (Fsp3) is 0.107. The van der Waals surface area contributed by atoms with Gasteiger partial charge in [0.1, 0.15) is 34.6 Å². The zero-order chi connectivity index (χ0) is 43.1. The molecule has 0 unspecified atom stereocenters. The van der Waals surface area contributed by atoms with Crippen LogP contribution in [0.25, 0.3) is 77.8 Å². The van der Waals surface area contributed by atoms with Crippen LogP contribution in [0.1, 0.15) is 36.6 Å². The van der Waals surface area contributed by atoms with Gasteiger partial charge in [-0.25, -0.2) is 15.0 Å². The molecule has 11 aromatic rings. The lowest BCUT2D eigenvalue weighted by Gasteiger charge is -2.13. The molecule has 0 aliphatic heterocycles. The second-order valence-electron chi connectivity index (χ2n) is 16.4. The average molecular weight is 833 g/mol. The van der Waals surface area contributed by atoms with Gasteiger partial charge in [0.25, 0.3) is 0 Å². The highest BCUT2D eigenvalue weighted by Crippen LogP contribution is 2.38. The second-order valence-corrected chi connectivity index (χ2v) is 16.4. The van der Waals surface area contributed by atoms with Crippen molar-refractivity contribution in [2.75, 3.05) is 0 Å². The standard InChI is InChI=1S/C56H44N6O2/c1-4-5-18-48-56(39-13-11-15-41(32-39)64-43-22-24-47-45-17-7-9-20-51(45)62(53(47)34-43)55-30-37(3)26-28-58-55)59-35-49(60-48)38-12-10-14-40(31-38)63-42-21-23-46-44-16-6-8-19-50(44)61(52(46)33-42)54-29-36(2)25-27-57-54/h6-17,19-35H,4-5,18H2,1-3H3. The average Bonchev–Trinajstić information content (AvgIpc) is 3.83. The van der Waals surface area contributed by atoms with E-state index < -0.39 is 0 Å². The highest BCUT2D eigenvalue weighted by molar-refractivity contribution is 6.10. The number of unbranched alkanes of at least 4 members (excludes halogenated alkanes) is 1. The Morgan fingerprint density at radius 1 is 0.469 bits per heavy atom. The maximum Gasteiger partial charge on any atom is 0.137 e. The van der Waals surface area contributed by atoms with Gasteiger partial charge in [-0.2, -0.15) is 0 Å². The molecule has 0 radical (unpaired) electrons. The fourth-order valence-electron chi connectivity index (χ4n) is 8.83. The second kappa shape index (κ2) is 16.3. The van der Waals surface area contributed by atoms with E-state index >= 15 is 0 Å². The van der Waals surface area contributed by atoms with Crippen LogP contribution in [0.5, 0.6) is 23.0 Å². The van der Waals surface area contributed by atoms with Crippen molar-refractivity contribution in [2.24, 2.45) is 0 Å². The fourth-order valence-corrected chi connectivity index (χ4v) is 8.83. The first-order chi connectivity index (χ1) is 31.5. The first-order valence-corrected chi connectivity index (χ1v) is 21.8. The summed E-state index contributed by atoms with van der Waals surface area (Å²) in [5, 5.41) is 4.63. The first-order valence-electron chi connectivity index (χ1n) is 21.8. The van der Waals surface area contributed by atoms with Crippen molar-refractivity contribution in [1.29, 1.82) is 0 Å². The molecule has 11 rings (SSSR count). The van der Waals surface area contributed by atoms with Gasteiger partial charge < -0.3 is 9.47 Å². The molecule has 0 aliphatic carbocycles. The predicted molar refractivity (Wildman–Crippen MR) is 258 cm³/mol. The predicted octanol–water partition coefficient (Wildman–Crippen LogP) is 14.3. The molecular weight excluding hydrogens is 789 g/mol. The van der Waals surface area contributed by atoms with E-state index in [0.717, 1.165) is 120 Å². The number of benzene rings is 6. The lowest BCUT2D eigenvalue weighted by atomic mass is 10.0. The zero-order valence-electron chi connectivity index (χ0n) is 35.9. The number of rotatable bonds is 11. The Labute approximate surface area is 371 Å². The minimum absolute atomic E-state index is 0.715. The summed E-state index contributed by atoms with van der Waals surface area (Å²) >= 11 is 0. The third-order valence-corrected chi connectivity index (χ3v) is 11.9. The maximum atomic E-state index is 6.61. The van der Waals surface area contributed by atoms with E-state index in [-0.39, 0.29) is 0 Å². The van der Waals surface area contributed by atoms with Crippen molar-refractivity contribution in [3.8, 4) is 57.1 Å². The Balaban J connectivity index is 0.893. The summed E-state index contributed by atoms with van der Waals surface area (Å²) in [6.45, 7) is 6.38. The van der Waals surface area contributed by atoms with Gasteiger partial charge in [0.15, 0.2) is 0 Å². The van der Waals surface area contributed by atoms with E-state index in [1.54, 1.807) is 0 Å². The number of aryl methyl sites for hydroxylation is 3. The number of ether oxygens (including phenoxy) is 2. The summed E-state index contributed by atoms with van der Waals surface area (Å²) < 4.78 is 17.6. The lowest BCUT2D eigenvalue weighted by Crippen LogP contribution is -2.00. The third kappa shape index (κ3) is 7.18. The normalized spacial score (nSPS) is 11.5. The Kier molecular flexibility index (Phi) is 9.88. The molecule has 5 aromatic heterocycles. The number of pyridine rings is 2. The molecule has 0 amide bonds. The molecule has 0 atom stereocenters. The molecule has 0 spiro atoms.